The lowest BCUT2D eigenvalue weighted by Gasteiger charge is -2.64. The molecule has 0 N–H and O–H groups in total. The Labute approximate surface area is 176 Å². The van der Waals surface area contributed by atoms with Crippen LogP contribution in [-0.4, -0.2) is 35.7 Å². The molecule has 7 heteroatoms. The molecular weight excluding hydrogens is 397 g/mol. The average molecular weight is 431 g/mol. The van der Waals surface area contributed by atoms with Gasteiger partial charge in [0.2, 0.25) is 0 Å². The Kier molecular flexibility index (Phi) is 5.02. The number of esters is 2. The van der Waals surface area contributed by atoms with Gasteiger partial charge >= 0.3 is 11.9 Å². The quantitative estimate of drug-likeness (QED) is 0.563. The predicted octanol–water partition coefficient (Wildman–Crippen LogP) is 5.23. The number of hydrogen-bond acceptors (Lipinski definition) is 4. The fourth-order valence-corrected chi connectivity index (χ4v) is 7.86. The lowest BCUT2D eigenvalue weighted by atomic mass is 9.43. The van der Waals surface area contributed by atoms with E-state index < -0.39 is 41.9 Å². The highest BCUT2D eigenvalue weighted by Gasteiger charge is 2.75. The molecular formula is C23H33F3O4. The fourth-order valence-electron chi connectivity index (χ4n) is 7.86. The first kappa shape index (κ1) is 21.9. The first-order valence-electron chi connectivity index (χ1n) is 11.3. The van der Waals surface area contributed by atoms with Gasteiger partial charge in [-0.1, -0.05) is 13.8 Å². The van der Waals surface area contributed by atoms with E-state index in [4.69, 9.17) is 9.47 Å². The van der Waals surface area contributed by atoms with Crippen molar-refractivity contribution < 1.29 is 32.2 Å². The van der Waals surface area contributed by atoms with Crippen LogP contribution in [0.4, 0.5) is 13.2 Å². The Bertz CT molecular complexity index is 742. The maximum absolute atomic E-state index is 16.3. The molecule has 170 valence electrons. The number of fused-ring (bicyclic) bond motifs is 5. The van der Waals surface area contributed by atoms with Crippen molar-refractivity contribution in [1.82, 2.24) is 0 Å². The third-order valence-electron chi connectivity index (χ3n) is 9.28. The molecule has 0 aromatic carbocycles. The van der Waals surface area contributed by atoms with Gasteiger partial charge in [0, 0.05) is 37.5 Å². The summed E-state index contributed by atoms with van der Waals surface area (Å²) in [7, 11) is 0. The minimum absolute atomic E-state index is 0.000886. The van der Waals surface area contributed by atoms with Gasteiger partial charge in [-0.25, -0.2) is 13.2 Å². The van der Waals surface area contributed by atoms with E-state index in [0.717, 1.165) is 12.8 Å². The van der Waals surface area contributed by atoms with E-state index in [1.165, 1.54) is 13.8 Å². The van der Waals surface area contributed by atoms with Gasteiger partial charge in [0.25, 0.3) is 5.92 Å². The van der Waals surface area contributed by atoms with Crippen LogP contribution in [0.5, 0.6) is 0 Å². The second kappa shape index (κ2) is 6.86. The lowest BCUT2D eigenvalue weighted by molar-refractivity contribution is -0.295. The summed E-state index contributed by atoms with van der Waals surface area (Å²) >= 11 is 0. The summed E-state index contributed by atoms with van der Waals surface area (Å²) in [5.41, 5.74) is -4.16. The molecule has 0 bridgehead atoms. The topological polar surface area (TPSA) is 52.6 Å². The van der Waals surface area contributed by atoms with Crippen LogP contribution < -0.4 is 0 Å². The standard InChI is InChI=1S/C23H33F3O4/c1-13(27)29-15-7-10-21(4)18-8-9-20(3)17(5-6-19(20)30-14(2)28)16(18)12-23(25,26)22(21,24)11-15/h15-19H,5-12H2,1-4H3/t15-,16+,17+,18+,19?,20+,21-,22-/m1/s1. The highest BCUT2D eigenvalue weighted by Crippen LogP contribution is 2.71. The Morgan fingerprint density at radius 1 is 0.833 bits per heavy atom. The molecule has 0 heterocycles. The van der Waals surface area contributed by atoms with Gasteiger partial charge in [-0.05, 0) is 56.3 Å². The van der Waals surface area contributed by atoms with Crippen molar-refractivity contribution in [2.75, 3.05) is 0 Å². The van der Waals surface area contributed by atoms with Gasteiger partial charge in [0.1, 0.15) is 12.2 Å². The summed E-state index contributed by atoms with van der Waals surface area (Å²) in [6.07, 6.45) is 1.57. The third-order valence-corrected chi connectivity index (χ3v) is 9.28. The molecule has 4 rings (SSSR count). The number of carbonyl (C=O) groups excluding carboxylic acids is 2. The molecule has 4 fully saturated rings. The second-order valence-electron chi connectivity index (χ2n) is 10.7. The summed E-state index contributed by atoms with van der Waals surface area (Å²) in [6, 6.07) is 0. The van der Waals surface area contributed by atoms with Crippen molar-refractivity contribution in [3.63, 3.8) is 0 Å². The Morgan fingerprint density at radius 2 is 1.50 bits per heavy atom. The molecule has 0 aromatic rings. The maximum atomic E-state index is 16.3. The number of alkyl halides is 3. The highest BCUT2D eigenvalue weighted by molar-refractivity contribution is 5.66. The summed E-state index contributed by atoms with van der Waals surface area (Å²) < 4.78 is 58.1. The molecule has 0 saturated heterocycles. The van der Waals surface area contributed by atoms with E-state index in [-0.39, 0.29) is 41.7 Å². The molecule has 8 atom stereocenters. The third kappa shape index (κ3) is 2.93. The minimum Gasteiger partial charge on any atom is -0.462 e. The lowest BCUT2D eigenvalue weighted by Crippen LogP contribution is -2.69. The van der Waals surface area contributed by atoms with Crippen LogP contribution in [0.3, 0.4) is 0 Å². The normalized spacial score (nSPS) is 49.4. The number of carbonyl (C=O) groups is 2. The number of ether oxygens (including phenoxy) is 2. The summed E-state index contributed by atoms with van der Waals surface area (Å²) in [4.78, 5) is 22.9. The molecule has 4 aliphatic carbocycles. The molecule has 0 spiro atoms. The van der Waals surface area contributed by atoms with E-state index in [1.807, 2.05) is 0 Å². The summed E-state index contributed by atoms with van der Waals surface area (Å²) in [5.74, 6) is -4.82. The van der Waals surface area contributed by atoms with Crippen molar-refractivity contribution in [3.8, 4) is 0 Å². The van der Waals surface area contributed by atoms with Gasteiger partial charge in [-0.15, -0.1) is 0 Å². The molecule has 0 amide bonds. The first-order chi connectivity index (χ1) is 13.8. The second-order valence-corrected chi connectivity index (χ2v) is 10.7. The molecule has 1 unspecified atom stereocenters. The largest absolute Gasteiger partial charge is 0.462 e. The van der Waals surface area contributed by atoms with Crippen LogP contribution in [0, 0.1) is 28.6 Å². The number of rotatable bonds is 2. The molecule has 30 heavy (non-hydrogen) atoms. The first-order valence-corrected chi connectivity index (χ1v) is 11.3. The molecule has 0 aromatic heterocycles. The highest BCUT2D eigenvalue weighted by atomic mass is 19.3. The van der Waals surface area contributed by atoms with Crippen LogP contribution in [0.25, 0.3) is 0 Å². The Balaban J connectivity index is 1.65. The molecule has 4 aliphatic rings. The van der Waals surface area contributed by atoms with Gasteiger partial charge in [0.05, 0.1) is 0 Å². The van der Waals surface area contributed by atoms with Crippen molar-refractivity contribution in [2.45, 2.75) is 103 Å². The molecule has 4 nitrogen and oxygen atoms in total. The van der Waals surface area contributed by atoms with E-state index >= 15 is 13.2 Å². The number of halogens is 3. The zero-order valence-corrected chi connectivity index (χ0v) is 18.3. The van der Waals surface area contributed by atoms with Crippen molar-refractivity contribution in [3.05, 3.63) is 0 Å². The van der Waals surface area contributed by atoms with Gasteiger partial charge < -0.3 is 9.47 Å². The summed E-state index contributed by atoms with van der Waals surface area (Å²) in [6.45, 7) is 6.37. The molecule has 0 radical (unpaired) electrons. The van der Waals surface area contributed by atoms with E-state index in [0.29, 0.717) is 19.3 Å². The van der Waals surface area contributed by atoms with Crippen LogP contribution in [0.15, 0.2) is 0 Å². The van der Waals surface area contributed by atoms with E-state index in [1.54, 1.807) is 6.92 Å². The number of hydrogen-bond donors (Lipinski definition) is 0. The van der Waals surface area contributed by atoms with Crippen LogP contribution in [0.1, 0.15) is 79.1 Å². The molecule has 4 saturated carbocycles. The van der Waals surface area contributed by atoms with Crippen molar-refractivity contribution in [1.29, 1.82) is 0 Å². The predicted molar refractivity (Wildman–Crippen MR) is 104 cm³/mol. The van der Waals surface area contributed by atoms with Crippen molar-refractivity contribution in [2.24, 2.45) is 28.6 Å². The van der Waals surface area contributed by atoms with Crippen molar-refractivity contribution >= 4 is 11.9 Å². The summed E-state index contributed by atoms with van der Waals surface area (Å²) in [5, 5.41) is 0. The maximum Gasteiger partial charge on any atom is 0.302 e. The minimum atomic E-state index is -3.49. The fraction of sp³-hybridized carbons (Fsp3) is 0.913. The van der Waals surface area contributed by atoms with Crippen LogP contribution in [0.2, 0.25) is 0 Å². The van der Waals surface area contributed by atoms with E-state index in [9.17, 15) is 9.59 Å². The molecule has 0 aliphatic heterocycles. The van der Waals surface area contributed by atoms with Gasteiger partial charge in [-0.2, -0.15) is 0 Å². The zero-order valence-electron chi connectivity index (χ0n) is 18.3. The van der Waals surface area contributed by atoms with Gasteiger partial charge in [-0.3, -0.25) is 9.59 Å². The average Bonchev–Trinajstić information content (AvgIpc) is 2.93. The monoisotopic (exact) mass is 430 g/mol. The smallest absolute Gasteiger partial charge is 0.302 e. The van der Waals surface area contributed by atoms with Crippen LogP contribution in [-0.2, 0) is 19.1 Å². The Hall–Kier alpha value is -1.27. The Morgan fingerprint density at radius 3 is 2.13 bits per heavy atom. The van der Waals surface area contributed by atoms with E-state index in [2.05, 4.69) is 6.92 Å². The zero-order chi connectivity index (χ0) is 22.1. The van der Waals surface area contributed by atoms with Gasteiger partial charge in [0.15, 0.2) is 5.67 Å². The SMILES string of the molecule is CC(=O)OC1CC[C@H]2[C@@H]3CC(F)(F)[C@@]4(F)C[C@H](OC(C)=O)CC[C@]4(C)[C@H]3CC[C@]12C. The van der Waals surface area contributed by atoms with Crippen LogP contribution >= 0.6 is 0 Å².